The molecule has 0 bridgehead atoms. The Hall–Kier alpha value is -1.68. The largest absolute Gasteiger partial charge is 0.478 e. The van der Waals surface area contributed by atoms with Gasteiger partial charge >= 0.3 is 5.97 Å². The highest BCUT2D eigenvalue weighted by molar-refractivity contribution is 5.87. The number of aromatic carboxylic acids is 1. The maximum absolute atomic E-state index is 10.7. The smallest absolute Gasteiger partial charge is 0.337 e. The summed E-state index contributed by atoms with van der Waals surface area (Å²) in [6, 6.07) is 3.34. The molecule has 1 heterocycles. The third-order valence-corrected chi connectivity index (χ3v) is 3.14. The second-order valence-corrected chi connectivity index (χ2v) is 4.52. The minimum absolute atomic E-state index is 0.231. The molecule has 18 heavy (non-hydrogen) atoms. The first-order valence-electron chi connectivity index (χ1n) is 6.32. The number of rotatable bonds is 6. The molecular formula is C14H18N2O2. The Morgan fingerprint density at radius 2 is 2.33 bits per heavy atom. The van der Waals surface area contributed by atoms with Gasteiger partial charge in [0, 0.05) is 12.7 Å². The van der Waals surface area contributed by atoms with Gasteiger partial charge in [-0.3, -0.25) is 4.98 Å². The lowest BCUT2D eigenvalue weighted by Gasteiger charge is -2.05. The first-order chi connectivity index (χ1) is 8.75. The average molecular weight is 246 g/mol. The van der Waals surface area contributed by atoms with Gasteiger partial charge in [0.2, 0.25) is 0 Å². The van der Waals surface area contributed by atoms with Crippen LogP contribution in [-0.2, 0) is 6.54 Å². The van der Waals surface area contributed by atoms with Gasteiger partial charge in [-0.05, 0) is 44.4 Å². The van der Waals surface area contributed by atoms with E-state index in [1.807, 2.05) is 0 Å². The van der Waals surface area contributed by atoms with Gasteiger partial charge in [0.15, 0.2) is 0 Å². The van der Waals surface area contributed by atoms with Crippen molar-refractivity contribution in [2.45, 2.75) is 32.2 Å². The summed E-state index contributed by atoms with van der Waals surface area (Å²) >= 11 is 0. The van der Waals surface area contributed by atoms with Crippen LogP contribution in [0.1, 0.15) is 41.7 Å². The van der Waals surface area contributed by atoms with Crippen molar-refractivity contribution in [1.82, 2.24) is 10.3 Å². The van der Waals surface area contributed by atoms with Crippen molar-refractivity contribution in [3.63, 3.8) is 0 Å². The van der Waals surface area contributed by atoms with Crippen molar-refractivity contribution >= 4 is 5.97 Å². The Bertz CT molecular complexity index is 438. The second-order valence-electron chi connectivity index (χ2n) is 4.52. The van der Waals surface area contributed by atoms with Crippen LogP contribution in [0.15, 0.2) is 30.0 Å². The quantitative estimate of drug-likeness (QED) is 0.597. The van der Waals surface area contributed by atoms with Gasteiger partial charge in [0.05, 0.1) is 11.3 Å². The Morgan fingerprint density at radius 1 is 1.44 bits per heavy atom. The molecule has 0 aliphatic heterocycles. The van der Waals surface area contributed by atoms with E-state index in [1.54, 1.807) is 17.7 Å². The van der Waals surface area contributed by atoms with Gasteiger partial charge in [-0.25, -0.2) is 4.79 Å². The van der Waals surface area contributed by atoms with Crippen LogP contribution in [0.2, 0.25) is 0 Å². The molecular weight excluding hydrogens is 228 g/mol. The lowest BCUT2D eigenvalue weighted by atomic mass is 10.2. The standard InChI is InChI=1S/C14H18N2O2/c17-14(18)12-5-6-13(16-9-12)10-15-8-7-11-3-1-2-4-11/h3,5-6,9,15H,1-2,4,7-8,10H2,(H,17,18). The molecule has 4 nitrogen and oxygen atoms in total. The summed E-state index contributed by atoms with van der Waals surface area (Å²) in [7, 11) is 0. The van der Waals surface area contributed by atoms with Crippen LogP contribution in [0.25, 0.3) is 0 Å². The minimum atomic E-state index is -0.935. The van der Waals surface area contributed by atoms with E-state index in [-0.39, 0.29) is 5.56 Å². The lowest BCUT2D eigenvalue weighted by Crippen LogP contribution is -2.16. The highest BCUT2D eigenvalue weighted by Crippen LogP contribution is 2.19. The average Bonchev–Trinajstić information content (AvgIpc) is 2.88. The van der Waals surface area contributed by atoms with Gasteiger partial charge in [0.25, 0.3) is 0 Å². The van der Waals surface area contributed by atoms with Gasteiger partial charge in [-0.15, -0.1) is 0 Å². The van der Waals surface area contributed by atoms with Crippen molar-refractivity contribution < 1.29 is 9.90 Å². The van der Waals surface area contributed by atoms with Crippen molar-refractivity contribution in [2.75, 3.05) is 6.54 Å². The number of allylic oxidation sites excluding steroid dienone is 1. The summed E-state index contributed by atoms with van der Waals surface area (Å²) in [6.45, 7) is 1.64. The molecule has 0 unspecified atom stereocenters. The molecule has 0 aromatic carbocycles. The maximum Gasteiger partial charge on any atom is 0.337 e. The van der Waals surface area contributed by atoms with E-state index >= 15 is 0 Å². The van der Waals surface area contributed by atoms with Crippen molar-refractivity contribution in [3.05, 3.63) is 41.2 Å². The number of pyridine rings is 1. The molecule has 1 aromatic rings. The van der Waals surface area contributed by atoms with Gasteiger partial charge in [-0.1, -0.05) is 11.6 Å². The molecule has 2 rings (SSSR count). The molecule has 0 saturated heterocycles. The predicted octanol–water partition coefficient (Wildman–Crippen LogP) is 2.37. The predicted molar refractivity (Wildman–Crippen MR) is 69.5 cm³/mol. The number of carboxylic acid groups (broad SMARTS) is 1. The number of carboxylic acids is 1. The van der Waals surface area contributed by atoms with Gasteiger partial charge < -0.3 is 10.4 Å². The first kappa shape index (κ1) is 12.8. The van der Waals surface area contributed by atoms with Crippen LogP contribution in [0.3, 0.4) is 0 Å². The molecule has 0 radical (unpaired) electrons. The monoisotopic (exact) mass is 246 g/mol. The van der Waals surface area contributed by atoms with Crippen molar-refractivity contribution in [2.24, 2.45) is 0 Å². The number of nitrogens with zero attached hydrogens (tertiary/aromatic N) is 1. The lowest BCUT2D eigenvalue weighted by molar-refractivity contribution is 0.0696. The Kier molecular flexibility index (Phi) is 4.47. The van der Waals surface area contributed by atoms with Crippen LogP contribution in [-0.4, -0.2) is 22.6 Å². The number of hydrogen-bond donors (Lipinski definition) is 2. The van der Waals surface area contributed by atoms with Gasteiger partial charge in [-0.2, -0.15) is 0 Å². The summed E-state index contributed by atoms with van der Waals surface area (Å²) < 4.78 is 0. The van der Waals surface area contributed by atoms with Crippen LogP contribution >= 0.6 is 0 Å². The number of hydrogen-bond acceptors (Lipinski definition) is 3. The summed E-state index contributed by atoms with van der Waals surface area (Å²) in [5.41, 5.74) is 2.66. The van der Waals surface area contributed by atoms with Crippen LogP contribution in [0, 0.1) is 0 Å². The number of carbonyl (C=O) groups is 1. The third kappa shape index (κ3) is 3.67. The zero-order chi connectivity index (χ0) is 12.8. The Morgan fingerprint density at radius 3 is 2.94 bits per heavy atom. The molecule has 0 fully saturated rings. The number of aromatic nitrogens is 1. The normalized spacial score (nSPS) is 14.6. The fraction of sp³-hybridized carbons (Fsp3) is 0.429. The number of nitrogens with one attached hydrogen (secondary N) is 1. The summed E-state index contributed by atoms with van der Waals surface area (Å²) in [6.07, 6.45) is 8.61. The van der Waals surface area contributed by atoms with E-state index in [1.165, 1.54) is 25.5 Å². The zero-order valence-corrected chi connectivity index (χ0v) is 10.4. The zero-order valence-electron chi connectivity index (χ0n) is 10.4. The minimum Gasteiger partial charge on any atom is -0.478 e. The fourth-order valence-corrected chi connectivity index (χ4v) is 2.09. The topological polar surface area (TPSA) is 62.2 Å². The molecule has 4 heteroatoms. The molecule has 1 aromatic heterocycles. The van der Waals surface area contributed by atoms with Crippen molar-refractivity contribution in [1.29, 1.82) is 0 Å². The van der Waals surface area contributed by atoms with E-state index < -0.39 is 5.97 Å². The second kappa shape index (κ2) is 6.31. The molecule has 0 amide bonds. The van der Waals surface area contributed by atoms with E-state index in [2.05, 4.69) is 16.4 Å². The molecule has 0 atom stereocenters. The van der Waals surface area contributed by atoms with E-state index in [9.17, 15) is 4.79 Å². The van der Waals surface area contributed by atoms with Crippen molar-refractivity contribution in [3.8, 4) is 0 Å². The maximum atomic E-state index is 10.7. The van der Waals surface area contributed by atoms with E-state index in [4.69, 9.17) is 5.11 Å². The van der Waals surface area contributed by atoms with E-state index in [0.29, 0.717) is 6.54 Å². The molecule has 1 aliphatic rings. The first-order valence-corrected chi connectivity index (χ1v) is 6.32. The van der Waals surface area contributed by atoms with Crippen LogP contribution < -0.4 is 5.32 Å². The van der Waals surface area contributed by atoms with E-state index in [0.717, 1.165) is 18.7 Å². The summed E-state index contributed by atoms with van der Waals surface area (Å²) in [4.78, 5) is 14.8. The van der Waals surface area contributed by atoms with Crippen LogP contribution in [0.4, 0.5) is 0 Å². The molecule has 0 spiro atoms. The SMILES string of the molecule is O=C(O)c1ccc(CNCCC2=CCCC2)nc1. The Labute approximate surface area is 107 Å². The Balaban J connectivity index is 1.71. The van der Waals surface area contributed by atoms with Gasteiger partial charge in [0.1, 0.15) is 0 Å². The summed E-state index contributed by atoms with van der Waals surface area (Å²) in [5, 5.41) is 12.1. The molecule has 96 valence electrons. The van der Waals surface area contributed by atoms with Crippen LogP contribution in [0.5, 0.6) is 0 Å². The highest BCUT2D eigenvalue weighted by atomic mass is 16.4. The molecule has 1 aliphatic carbocycles. The summed E-state index contributed by atoms with van der Waals surface area (Å²) in [5.74, 6) is -0.935. The molecule has 0 saturated carbocycles. The third-order valence-electron chi connectivity index (χ3n) is 3.14. The molecule has 2 N–H and O–H groups in total. The highest BCUT2D eigenvalue weighted by Gasteiger charge is 2.04. The fourth-order valence-electron chi connectivity index (χ4n) is 2.09.